The number of nitriles is 1. The monoisotopic (exact) mass is 204 g/mol. The average molecular weight is 204 g/mol. The van der Waals surface area contributed by atoms with Crippen LogP contribution in [0.4, 0.5) is 0 Å². The molecule has 0 bridgehead atoms. The average Bonchev–Trinajstić information content (AvgIpc) is 2.28. The van der Waals surface area contributed by atoms with Crippen molar-refractivity contribution in [1.82, 2.24) is 0 Å². The summed E-state index contributed by atoms with van der Waals surface area (Å²) in [4.78, 5) is 0. The maximum atomic E-state index is 9.03. The normalized spacial score (nSPS) is 10.9. The second-order valence-electron chi connectivity index (χ2n) is 3.97. The molecule has 15 heavy (non-hydrogen) atoms. The van der Waals surface area contributed by atoms with Gasteiger partial charge in [0.1, 0.15) is 5.75 Å². The van der Waals surface area contributed by atoms with Crippen LogP contribution in [0.2, 0.25) is 0 Å². The van der Waals surface area contributed by atoms with Gasteiger partial charge in [-0.3, -0.25) is 0 Å². The Morgan fingerprint density at radius 3 is 2.60 bits per heavy atom. The molecule has 0 aliphatic carbocycles. The standard InChI is InChI=1S/C12H16N2O/c1-12(2,8-14)10-4-5-11(15-3)9(6-10)7-13/h4-6H,7,13H2,1-3H3. The van der Waals surface area contributed by atoms with Crippen molar-refractivity contribution in [3.8, 4) is 11.8 Å². The Morgan fingerprint density at radius 1 is 1.47 bits per heavy atom. The number of ether oxygens (including phenoxy) is 1. The minimum atomic E-state index is -0.490. The van der Waals surface area contributed by atoms with E-state index in [0.29, 0.717) is 6.54 Å². The molecule has 0 amide bonds. The SMILES string of the molecule is COc1ccc(C(C)(C)C#N)cc1CN. The van der Waals surface area contributed by atoms with E-state index in [1.54, 1.807) is 7.11 Å². The van der Waals surface area contributed by atoms with Crippen LogP contribution in [-0.2, 0) is 12.0 Å². The molecule has 1 rings (SSSR count). The molecule has 0 unspecified atom stereocenters. The molecule has 3 nitrogen and oxygen atoms in total. The molecule has 0 saturated carbocycles. The Labute approximate surface area is 90.5 Å². The van der Waals surface area contributed by atoms with Crippen molar-refractivity contribution < 1.29 is 4.74 Å². The summed E-state index contributed by atoms with van der Waals surface area (Å²) in [6.45, 7) is 4.18. The number of benzene rings is 1. The number of nitrogens with two attached hydrogens (primary N) is 1. The summed E-state index contributed by atoms with van der Waals surface area (Å²) in [5.74, 6) is 0.773. The van der Waals surface area contributed by atoms with E-state index in [1.165, 1.54) is 0 Å². The molecule has 0 radical (unpaired) electrons. The number of hydrogen-bond acceptors (Lipinski definition) is 3. The molecule has 2 N–H and O–H groups in total. The molecular formula is C12H16N2O. The van der Waals surface area contributed by atoms with Crippen LogP contribution >= 0.6 is 0 Å². The first-order chi connectivity index (χ1) is 7.05. The lowest BCUT2D eigenvalue weighted by atomic mass is 9.85. The zero-order valence-corrected chi connectivity index (χ0v) is 9.37. The number of rotatable bonds is 3. The van der Waals surface area contributed by atoms with Gasteiger partial charge < -0.3 is 10.5 Å². The fourth-order valence-electron chi connectivity index (χ4n) is 1.39. The fourth-order valence-corrected chi connectivity index (χ4v) is 1.39. The summed E-state index contributed by atoms with van der Waals surface area (Å²) in [7, 11) is 1.61. The van der Waals surface area contributed by atoms with Crippen molar-refractivity contribution in [2.75, 3.05) is 7.11 Å². The van der Waals surface area contributed by atoms with E-state index in [1.807, 2.05) is 32.0 Å². The van der Waals surface area contributed by atoms with E-state index in [4.69, 9.17) is 15.7 Å². The first-order valence-electron chi connectivity index (χ1n) is 4.84. The maximum absolute atomic E-state index is 9.03. The lowest BCUT2D eigenvalue weighted by Gasteiger charge is -2.17. The summed E-state index contributed by atoms with van der Waals surface area (Å²) < 4.78 is 5.17. The largest absolute Gasteiger partial charge is 0.496 e. The van der Waals surface area contributed by atoms with Gasteiger partial charge in [-0.15, -0.1) is 0 Å². The Kier molecular flexibility index (Phi) is 3.33. The zero-order chi connectivity index (χ0) is 11.5. The molecule has 3 heteroatoms. The highest BCUT2D eigenvalue weighted by Crippen LogP contribution is 2.27. The smallest absolute Gasteiger partial charge is 0.123 e. The maximum Gasteiger partial charge on any atom is 0.123 e. The Hall–Kier alpha value is -1.53. The molecule has 0 aliphatic heterocycles. The summed E-state index contributed by atoms with van der Waals surface area (Å²) in [5.41, 5.74) is 7.02. The van der Waals surface area contributed by atoms with Gasteiger partial charge in [0.25, 0.3) is 0 Å². The van der Waals surface area contributed by atoms with Gasteiger partial charge in [-0.2, -0.15) is 5.26 Å². The molecule has 0 heterocycles. The third-order valence-corrected chi connectivity index (χ3v) is 2.50. The summed E-state index contributed by atoms with van der Waals surface area (Å²) >= 11 is 0. The van der Waals surface area contributed by atoms with E-state index >= 15 is 0 Å². The molecule has 1 aromatic rings. The predicted molar refractivity (Wildman–Crippen MR) is 59.5 cm³/mol. The quantitative estimate of drug-likeness (QED) is 0.818. The van der Waals surface area contributed by atoms with Crippen LogP contribution < -0.4 is 10.5 Å². The Morgan fingerprint density at radius 2 is 2.13 bits per heavy atom. The minimum Gasteiger partial charge on any atom is -0.496 e. The fraction of sp³-hybridized carbons (Fsp3) is 0.417. The second kappa shape index (κ2) is 4.33. The van der Waals surface area contributed by atoms with Crippen molar-refractivity contribution in [2.24, 2.45) is 5.73 Å². The van der Waals surface area contributed by atoms with Gasteiger partial charge in [0.15, 0.2) is 0 Å². The summed E-state index contributed by atoms with van der Waals surface area (Å²) in [6, 6.07) is 7.96. The molecular weight excluding hydrogens is 188 g/mol. The number of hydrogen-bond donors (Lipinski definition) is 1. The zero-order valence-electron chi connectivity index (χ0n) is 9.37. The lowest BCUT2D eigenvalue weighted by Crippen LogP contribution is -2.14. The van der Waals surface area contributed by atoms with E-state index < -0.39 is 5.41 Å². The summed E-state index contributed by atoms with van der Waals surface area (Å²) in [5, 5.41) is 9.03. The topological polar surface area (TPSA) is 59.0 Å². The molecule has 1 aromatic carbocycles. The molecule has 0 fully saturated rings. The van der Waals surface area contributed by atoms with Crippen molar-refractivity contribution in [3.63, 3.8) is 0 Å². The van der Waals surface area contributed by atoms with Gasteiger partial charge >= 0.3 is 0 Å². The highest BCUT2D eigenvalue weighted by Gasteiger charge is 2.20. The molecule has 0 atom stereocenters. The van der Waals surface area contributed by atoms with Crippen LogP contribution in [0.5, 0.6) is 5.75 Å². The van der Waals surface area contributed by atoms with Gasteiger partial charge in [-0.1, -0.05) is 6.07 Å². The first-order valence-corrected chi connectivity index (χ1v) is 4.84. The first kappa shape index (κ1) is 11.5. The molecule has 0 saturated heterocycles. The van der Waals surface area contributed by atoms with Gasteiger partial charge in [0.05, 0.1) is 18.6 Å². The number of methoxy groups -OCH3 is 1. The molecule has 0 spiro atoms. The van der Waals surface area contributed by atoms with Crippen LogP contribution in [0.25, 0.3) is 0 Å². The van der Waals surface area contributed by atoms with Gasteiger partial charge in [0.2, 0.25) is 0 Å². The van der Waals surface area contributed by atoms with Crippen LogP contribution in [0.15, 0.2) is 18.2 Å². The summed E-state index contributed by atoms with van der Waals surface area (Å²) in [6.07, 6.45) is 0. The van der Waals surface area contributed by atoms with Crippen LogP contribution in [0.1, 0.15) is 25.0 Å². The van der Waals surface area contributed by atoms with Crippen LogP contribution in [0, 0.1) is 11.3 Å². The van der Waals surface area contributed by atoms with Crippen molar-refractivity contribution in [2.45, 2.75) is 25.8 Å². The van der Waals surface area contributed by atoms with Gasteiger partial charge in [-0.25, -0.2) is 0 Å². The Balaban J connectivity index is 3.21. The van der Waals surface area contributed by atoms with E-state index in [2.05, 4.69) is 6.07 Å². The van der Waals surface area contributed by atoms with Gasteiger partial charge in [0, 0.05) is 12.1 Å². The molecule has 0 aliphatic rings. The van der Waals surface area contributed by atoms with Crippen molar-refractivity contribution >= 4 is 0 Å². The minimum absolute atomic E-state index is 0.415. The Bertz CT molecular complexity index is 391. The molecule has 80 valence electrons. The van der Waals surface area contributed by atoms with E-state index in [-0.39, 0.29) is 0 Å². The lowest BCUT2D eigenvalue weighted by molar-refractivity contribution is 0.409. The highest BCUT2D eigenvalue weighted by atomic mass is 16.5. The van der Waals surface area contributed by atoms with Gasteiger partial charge in [-0.05, 0) is 31.5 Å². The van der Waals surface area contributed by atoms with Crippen molar-refractivity contribution in [3.05, 3.63) is 29.3 Å². The number of nitrogens with zero attached hydrogens (tertiary/aromatic N) is 1. The molecule has 0 aromatic heterocycles. The third kappa shape index (κ3) is 2.28. The van der Waals surface area contributed by atoms with Crippen molar-refractivity contribution in [1.29, 1.82) is 5.26 Å². The van der Waals surface area contributed by atoms with E-state index in [0.717, 1.165) is 16.9 Å². The predicted octanol–water partition coefficient (Wildman–Crippen LogP) is 1.96. The van der Waals surface area contributed by atoms with Crippen LogP contribution in [0.3, 0.4) is 0 Å². The van der Waals surface area contributed by atoms with Crippen LogP contribution in [-0.4, -0.2) is 7.11 Å². The van der Waals surface area contributed by atoms with E-state index in [9.17, 15) is 0 Å². The third-order valence-electron chi connectivity index (χ3n) is 2.50. The second-order valence-corrected chi connectivity index (χ2v) is 3.97. The highest BCUT2D eigenvalue weighted by molar-refractivity contribution is 5.41.